The van der Waals surface area contributed by atoms with Crippen LogP contribution in [0, 0.1) is 0 Å². The molecule has 0 radical (unpaired) electrons. The molecule has 1 aromatic heterocycles. The van der Waals surface area contributed by atoms with E-state index in [1.54, 1.807) is 6.07 Å². The van der Waals surface area contributed by atoms with Crippen LogP contribution in [0.2, 0.25) is 0 Å². The SMILES string of the molecule is CCC(Cl)CNC(=O)c1ccoc1. The molecule has 0 saturated heterocycles. The number of furan rings is 1. The number of carbonyl (C=O) groups is 1. The minimum absolute atomic E-state index is 0.00384. The van der Waals surface area contributed by atoms with Gasteiger partial charge in [0.05, 0.1) is 17.2 Å². The highest BCUT2D eigenvalue weighted by Gasteiger charge is 2.08. The Balaban J connectivity index is 2.35. The molecule has 1 aromatic rings. The van der Waals surface area contributed by atoms with Gasteiger partial charge in [0.15, 0.2) is 0 Å². The van der Waals surface area contributed by atoms with E-state index < -0.39 is 0 Å². The van der Waals surface area contributed by atoms with Crippen LogP contribution in [0.15, 0.2) is 23.0 Å². The van der Waals surface area contributed by atoms with Crippen LogP contribution in [0.1, 0.15) is 23.7 Å². The van der Waals surface area contributed by atoms with Crippen LogP contribution in [0.3, 0.4) is 0 Å². The molecular weight excluding hydrogens is 190 g/mol. The summed E-state index contributed by atoms with van der Waals surface area (Å²) in [5, 5.41) is 2.70. The van der Waals surface area contributed by atoms with Crippen LogP contribution in [0.4, 0.5) is 0 Å². The first-order chi connectivity index (χ1) is 6.24. The zero-order valence-corrected chi connectivity index (χ0v) is 8.17. The van der Waals surface area contributed by atoms with Gasteiger partial charge in [0.1, 0.15) is 6.26 Å². The van der Waals surface area contributed by atoms with Gasteiger partial charge in [-0.05, 0) is 12.5 Å². The van der Waals surface area contributed by atoms with Crippen LogP contribution in [-0.2, 0) is 0 Å². The number of rotatable bonds is 4. The number of amides is 1. The Hall–Kier alpha value is -0.960. The van der Waals surface area contributed by atoms with E-state index in [4.69, 9.17) is 16.0 Å². The molecule has 0 aromatic carbocycles. The van der Waals surface area contributed by atoms with Gasteiger partial charge >= 0.3 is 0 Å². The number of nitrogens with one attached hydrogen (secondary N) is 1. The van der Waals surface area contributed by atoms with E-state index in [9.17, 15) is 4.79 Å². The first-order valence-corrected chi connectivity index (χ1v) is 4.62. The maximum atomic E-state index is 11.3. The van der Waals surface area contributed by atoms with Crippen LogP contribution in [0.25, 0.3) is 0 Å². The molecule has 4 heteroatoms. The first-order valence-electron chi connectivity index (χ1n) is 4.18. The molecule has 1 rings (SSSR count). The maximum Gasteiger partial charge on any atom is 0.254 e. The third-order valence-corrected chi connectivity index (χ3v) is 2.17. The maximum absolute atomic E-state index is 11.3. The molecule has 0 bridgehead atoms. The van der Waals surface area contributed by atoms with Crippen molar-refractivity contribution in [2.45, 2.75) is 18.7 Å². The van der Waals surface area contributed by atoms with Crippen molar-refractivity contribution in [2.75, 3.05) is 6.54 Å². The topological polar surface area (TPSA) is 42.2 Å². The van der Waals surface area contributed by atoms with Gasteiger partial charge in [-0.3, -0.25) is 4.79 Å². The second-order valence-electron chi connectivity index (χ2n) is 2.73. The van der Waals surface area contributed by atoms with E-state index in [1.807, 2.05) is 6.92 Å². The van der Waals surface area contributed by atoms with E-state index in [0.717, 1.165) is 6.42 Å². The lowest BCUT2D eigenvalue weighted by atomic mass is 10.3. The minimum atomic E-state index is -0.146. The van der Waals surface area contributed by atoms with Gasteiger partial charge < -0.3 is 9.73 Å². The molecule has 13 heavy (non-hydrogen) atoms. The van der Waals surface area contributed by atoms with Gasteiger partial charge in [-0.1, -0.05) is 6.92 Å². The Kier molecular flexibility index (Phi) is 3.83. The molecule has 1 N–H and O–H groups in total. The highest BCUT2D eigenvalue weighted by molar-refractivity contribution is 6.20. The monoisotopic (exact) mass is 201 g/mol. The van der Waals surface area contributed by atoms with Gasteiger partial charge in [0.2, 0.25) is 0 Å². The lowest BCUT2D eigenvalue weighted by molar-refractivity contribution is 0.0953. The molecular formula is C9H12ClNO2. The fourth-order valence-electron chi connectivity index (χ4n) is 0.844. The van der Waals surface area contributed by atoms with Crippen LogP contribution in [0.5, 0.6) is 0 Å². The molecule has 0 spiro atoms. The van der Waals surface area contributed by atoms with E-state index in [2.05, 4.69) is 5.32 Å². The molecule has 1 unspecified atom stereocenters. The third-order valence-electron chi connectivity index (χ3n) is 1.71. The lowest BCUT2D eigenvalue weighted by Gasteiger charge is -2.06. The smallest absolute Gasteiger partial charge is 0.254 e. The molecule has 0 aliphatic heterocycles. The lowest BCUT2D eigenvalue weighted by Crippen LogP contribution is -2.29. The molecule has 1 amide bonds. The molecule has 0 aliphatic rings. The van der Waals surface area contributed by atoms with Gasteiger partial charge in [-0.15, -0.1) is 11.6 Å². The highest BCUT2D eigenvalue weighted by Crippen LogP contribution is 2.01. The van der Waals surface area contributed by atoms with Crippen LogP contribution < -0.4 is 5.32 Å². The largest absolute Gasteiger partial charge is 0.472 e. The summed E-state index contributed by atoms with van der Waals surface area (Å²) < 4.78 is 4.77. The van der Waals surface area contributed by atoms with Gasteiger partial charge in [0, 0.05) is 6.54 Å². The summed E-state index contributed by atoms with van der Waals surface area (Å²) in [4.78, 5) is 11.3. The zero-order valence-electron chi connectivity index (χ0n) is 7.42. The van der Waals surface area contributed by atoms with Gasteiger partial charge in [-0.2, -0.15) is 0 Å². The predicted molar refractivity (Wildman–Crippen MR) is 51.0 cm³/mol. The quantitative estimate of drug-likeness (QED) is 0.758. The Bertz CT molecular complexity index is 259. The van der Waals surface area contributed by atoms with Crippen molar-refractivity contribution in [1.82, 2.24) is 5.32 Å². The fraction of sp³-hybridized carbons (Fsp3) is 0.444. The number of carbonyl (C=O) groups excluding carboxylic acids is 1. The summed E-state index contributed by atoms with van der Waals surface area (Å²) in [6, 6.07) is 1.62. The highest BCUT2D eigenvalue weighted by atomic mass is 35.5. The van der Waals surface area contributed by atoms with Crippen molar-refractivity contribution < 1.29 is 9.21 Å². The van der Waals surface area contributed by atoms with E-state index in [1.165, 1.54) is 12.5 Å². The van der Waals surface area contributed by atoms with Crippen molar-refractivity contribution in [1.29, 1.82) is 0 Å². The zero-order chi connectivity index (χ0) is 9.68. The summed E-state index contributed by atoms with van der Waals surface area (Å²) in [5.74, 6) is -0.146. The molecule has 1 atom stereocenters. The normalized spacial score (nSPS) is 12.5. The Labute approximate surface area is 82.1 Å². The molecule has 72 valence electrons. The summed E-state index contributed by atoms with van der Waals surface area (Å²) >= 11 is 5.83. The van der Waals surface area contributed by atoms with Crippen LogP contribution >= 0.6 is 11.6 Å². The van der Waals surface area contributed by atoms with E-state index >= 15 is 0 Å². The van der Waals surface area contributed by atoms with E-state index in [-0.39, 0.29) is 11.3 Å². The average Bonchev–Trinajstić information content (AvgIpc) is 2.66. The van der Waals surface area contributed by atoms with Crippen molar-refractivity contribution in [3.8, 4) is 0 Å². The standard InChI is InChI=1S/C9H12ClNO2/c1-2-8(10)5-11-9(12)7-3-4-13-6-7/h3-4,6,8H,2,5H2,1H3,(H,11,12). The number of alkyl halides is 1. The summed E-state index contributed by atoms with van der Waals surface area (Å²) in [7, 11) is 0. The van der Waals surface area contributed by atoms with Crippen molar-refractivity contribution in [3.05, 3.63) is 24.2 Å². The molecule has 0 saturated carbocycles. The van der Waals surface area contributed by atoms with Crippen molar-refractivity contribution in [2.24, 2.45) is 0 Å². The third kappa shape index (κ3) is 3.11. The summed E-state index contributed by atoms with van der Waals surface area (Å²) in [6.07, 6.45) is 3.71. The van der Waals surface area contributed by atoms with Crippen molar-refractivity contribution in [3.63, 3.8) is 0 Å². The minimum Gasteiger partial charge on any atom is -0.472 e. The van der Waals surface area contributed by atoms with Crippen molar-refractivity contribution >= 4 is 17.5 Å². The molecule has 3 nitrogen and oxygen atoms in total. The predicted octanol–water partition coefficient (Wildman–Crippen LogP) is 2.03. The number of halogens is 1. The molecule has 0 fully saturated rings. The average molecular weight is 202 g/mol. The van der Waals surface area contributed by atoms with Gasteiger partial charge in [-0.25, -0.2) is 0 Å². The summed E-state index contributed by atoms with van der Waals surface area (Å²) in [6.45, 7) is 2.46. The summed E-state index contributed by atoms with van der Waals surface area (Å²) in [5.41, 5.74) is 0.528. The van der Waals surface area contributed by atoms with Crippen LogP contribution in [-0.4, -0.2) is 17.8 Å². The Morgan fingerprint density at radius 3 is 3.08 bits per heavy atom. The van der Waals surface area contributed by atoms with E-state index in [0.29, 0.717) is 12.1 Å². The second-order valence-corrected chi connectivity index (χ2v) is 3.34. The second kappa shape index (κ2) is 4.92. The Morgan fingerprint density at radius 1 is 1.77 bits per heavy atom. The molecule has 1 heterocycles. The number of hydrogen-bond donors (Lipinski definition) is 1. The molecule has 0 aliphatic carbocycles. The van der Waals surface area contributed by atoms with Gasteiger partial charge in [0.25, 0.3) is 5.91 Å². The fourth-order valence-corrected chi connectivity index (χ4v) is 0.921. The first kappa shape index (κ1) is 10.1. The Morgan fingerprint density at radius 2 is 2.54 bits per heavy atom. The number of hydrogen-bond acceptors (Lipinski definition) is 2.